The van der Waals surface area contributed by atoms with Crippen molar-refractivity contribution in [1.29, 1.82) is 0 Å². The Morgan fingerprint density at radius 2 is 1.73 bits per heavy atom. The Labute approximate surface area is 156 Å². The highest BCUT2D eigenvalue weighted by atomic mass is 16.5. The third-order valence-electron chi connectivity index (χ3n) is 4.69. The fourth-order valence-corrected chi connectivity index (χ4v) is 3.07. The summed E-state index contributed by atoms with van der Waals surface area (Å²) in [5.74, 6) is 1.05. The second-order valence-electron chi connectivity index (χ2n) is 7.88. The molecule has 0 atom stereocenters. The lowest BCUT2D eigenvalue weighted by Crippen LogP contribution is -2.53. The van der Waals surface area contributed by atoms with Crippen molar-refractivity contribution in [2.45, 2.75) is 27.3 Å². The Morgan fingerprint density at radius 3 is 2.31 bits per heavy atom. The third-order valence-corrected chi connectivity index (χ3v) is 4.69. The van der Waals surface area contributed by atoms with Gasteiger partial charge in [-0.1, -0.05) is 39.0 Å². The van der Waals surface area contributed by atoms with E-state index in [1.54, 1.807) is 12.0 Å². The Kier molecular flexibility index (Phi) is 6.64. The van der Waals surface area contributed by atoms with Crippen molar-refractivity contribution < 1.29 is 14.3 Å². The summed E-state index contributed by atoms with van der Waals surface area (Å²) in [4.78, 5) is 30.6. The SMILES string of the molecule is COc1ccccc1CN(C)C(=O)CN1CCN(C(=O)C(C)(C)C)CC1. The van der Waals surface area contributed by atoms with Crippen LogP contribution in [0.3, 0.4) is 0 Å². The highest BCUT2D eigenvalue weighted by Crippen LogP contribution is 2.20. The highest BCUT2D eigenvalue weighted by Gasteiger charge is 2.30. The largest absolute Gasteiger partial charge is 0.496 e. The zero-order chi connectivity index (χ0) is 19.3. The molecule has 0 N–H and O–H groups in total. The van der Waals surface area contributed by atoms with Gasteiger partial charge in [0, 0.05) is 50.7 Å². The summed E-state index contributed by atoms with van der Waals surface area (Å²) < 4.78 is 5.35. The van der Waals surface area contributed by atoms with Crippen LogP contribution in [0.4, 0.5) is 0 Å². The standard InChI is InChI=1S/C20H31N3O3/c1-20(2,3)19(25)23-12-10-22(11-13-23)15-18(24)21(4)14-16-8-6-7-9-17(16)26-5/h6-9H,10-15H2,1-5H3. The van der Waals surface area contributed by atoms with Crippen LogP contribution in [0.25, 0.3) is 0 Å². The lowest BCUT2D eigenvalue weighted by Gasteiger charge is -2.37. The van der Waals surface area contributed by atoms with Gasteiger partial charge in [0.15, 0.2) is 0 Å². The third kappa shape index (κ3) is 5.21. The van der Waals surface area contributed by atoms with Gasteiger partial charge in [0.05, 0.1) is 13.7 Å². The van der Waals surface area contributed by atoms with E-state index in [4.69, 9.17) is 4.74 Å². The summed E-state index contributed by atoms with van der Waals surface area (Å²) in [6.45, 7) is 9.55. The minimum Gasteiger partial charge on any atom is -0.496 e. The van der Waals surface area contributed by atoms with Crippen LogP contribution in [0.1, 0.15) is 26.3 Å². The molecule has 0 aliphatic carbocycles. The molecule has 1 heterocycles. The van der Waals surface area contributed by atoms with Crippen molar-refractivity contribution >= 4 is 11.8 Å². The minimum atomic E-state index is -0.354. The number of piperazine rings is 1. The van der Waals surface area contributed by atoms with Crippen LogP contribution in [0.2, 0.25) is 0 Å². The highest BCUT2D eigenvalue weighted by molar-refractivity contribution is 5.81. The number of likely N-dealkylation sites (N-methyl/N-ethyl adjacent to an activating group) is 1. The lowest BCUT2D eigenvalue weighted by atomic mass is 9.94. The average Bonchev–Trinajstić information content (AvgIpc) is 2.61. The first kappa shape index (κ1) is 20.2. The molecule has 1 aliphatic rings. The number of hydrogen-bond donors (Lipinski definition) is 0. The zero-order valence-electron chi connectivity index (χ0n) is 16.6. The monoisotopic (exact) mass is 361 g/mol. The molecule has 6 heteroatoms. The summed E-state index contributed by atoms with van der Waals surface area (Å²) in [6, 6.07) is 7.74. The molecule has 1 aromatic rings. The van der Waals surface area contributed by atoms with E-state index in [1.165, 1.54) is 0 Å². The molecule has 0 spiro atoms. The van der Waals surface area contributed by atoms with Gasteiger partial charge in [0.1, 0.15) is 5.75 Å². The van der Waals surface area contributed by atoms with E-state index >= 15 is 0 Å². The number of ether oxygens (including phenoxy) is 1. The number of benzene rings is 1. The van der Waals surface area contributed by atoms with E-state index in [0.29, 0.717) is 26.2 Å². The number of amides is 2. The van der Waals surface area contributed by atoms with Crippen molar-refractivity contribution in [1.82, 2.24) is 14.7 Å². The van der Waals surface area contributed by atoms with Crippen molar-refractivity contribution in [2.75, 3.05) is 46.9 Å². The average molecular weight is 361 g/mol. The number of hydrogen-bond acceptors (Lipinski definition) is 4. The Bertz CT molecular complexity index is 631. The van der Waals surface area contributed by atoms with Crippen molar-refractivity contribution in [3.8, 4) is 5.75 Å². The Morgan fingerprint density at radius 1 is 1.12 bits per heavy atom. The molecule has 1 aliphatic heterocycles. The van der Waals surface area contributed by atoms with Gasteiger partial charge in [-0.05, 0) is 6.07 Å². The van der Waals surface area contributed by atoms with Crippen molar-refractivity contribution in [3.05, 3.63) is 29.8 Å². The molecule has 1 saturated heterocycles. The van der Waals surface area contributed by atoms with Crippen LogP contribution >= 0.6 is 0 Å². The first-order chi connectivity index (χ1) is 12.2. The fraction of sp³-hybridized carbons (Fsp3) is 0.600. The normalized spacial score (nSPS) is 15.7. The maximum atomic E-state index is 12.6. The van der Waals surface area contributed by atoms with Gasteiger partial charge in [-0.2, -0.15) is 0 Å². The molecule has 0 saturated carbocycles. The summed E-state index contributed by atoms with van der Waals surface area (Å²) in [6.07, 6.45) is 0. The van der Waals surface area contributed by atoms with Gasteiger partial charge in [-0.25, -0.2) is 0 Å². The summed E-state index contributed by atoms with van der Waals surface area (Å²) in [5, 5.41) is 0. The predicted octanol–water partition coefficient (Wildman–Crippen LogP) is 1.84. The van der Waals surface area contributed by atoms with Gasteiger partial charge < -0.3 is 14.5 Å². The number of para-hydroxylation sites is 1. The molecule has 0 unspecified atom stereocenters. The van der Waals surface area contributed by atoms with E-state index in [2.05, 4.69) is 4.90 Å². The molecule has 0 bridgehead atoms. The Balaban J connectivity index is 1.84. The van der Waals surface area contributed by atoms with Crippen LogP contribution in [-0.2, 0) is 16.1 Å². The van der Waals surface area contributed by atoms with Gasteiger partial charge in [-0.15, -0.1) is 0 Å². The minimum absolute atomic E-state index is 0.0755. The van der Waals surface area contributed by atoms with Crippen LogP contribution in [0.5, 0.6) is 5.75 Å². The molecule has 2 amide bonds. The second-order valence-corrected chi connectivity index (χ2v) is 7.88. The molecule has 0 aromatic heterocycles. The van der Waals surface area contributed by atoms with E-state index in [0.717, 1.165) is 24.4 Å². The van der Waals surface area contributed by atoms with E-state index in [9.17, 15) is 9.59 Å². The van der Waals surface area contributed by atoms with Crippen LogP contribution in [0.15, 0.2) is 24.3 Å². The maximum Gasteiger partial charge on any atom is 0.236 e. The summed E-state index contributed by atoms with van der Waals surface area (Å²) in [7, 11) is 3.45. The number of carbonyl (C=O) groups is 2. The molecule has 1 fully saturated rings. The lowest BCUT2D eigenvalue weighted by molar-refractivity contribution is -0.141. The van der Waals surface area contributed by atoms with E-state index in [-0.39, 0.29) is 17.2 Å². The van der Waals surface area contributed by atoms with Crippen LogP contribution < -0.4 is 4.74 Å². The zero-order valence-corrected chi connectivity index (χ0v) is 16.6. The second kappa shape index (κ2) is 8.54. The Hall–Kier alpha value is -2.08. The van der Waals surface area contributed by atoms with Gasteiger partial charge in [0.2, 0.25) is 11.8 Å². The molecular formula is C20H31N3O3. The molecule has 2 rings (SSSR count). The molecule has 144 valence electrons. The summed E-state index contributed by atoms with van der Waals surface area (Å²) in [5.41, 5.74) is 0.638. The summed E-state index contributed by atoms with van der Waals surface area (Å²) >= 11 is 0. The van der Waals surface area contributed by atoms with Gasteiger partial charge >= 0.3 is 0 Å². The molecular weight excluding hydrogens is 330 g/mol. The number of nitrogens with zero attached hydrogens (tertiary/aromatic N) is 3. The molecule has 26 heavy (non-hydrogen) atoms. The number of carbonyl (C=O) groups excluding carboxylic acids is 2. The molecule has 0 radical (unpaired) electrons. The quantitative estimate of drug-likeness (QED) is 0.803. The van der Waals surface area contributed by atoms with E-state index < -0.39 is 0 Å². The number of rotatable bonds is 5. The van der Waals surface area contributed by atoms with Gasteiger partial charge in [-0.3, -0.25) is 14.5 Å². The number of methoxy groups -OCH3 is 1. The first-order valence-electron chi connectivity index (χ1n) is 9.10. The predicted molar refractivity (Wildman–Crippen MR) is 102 cm³/mol. The molecule has 6 nitrogen and oxygen atoms in total. The fourth-order valence-electron chi connectivity index (χ4n) is 3.07. The molecule has 1 aromatic carbocycles. The van der Waals surface area contributed by atoms with E-state index in [1.807, 2.05) is 57.0 Å². The maximum absolute atomic E-state index is 12.6. The topological polar surface area (TPSA) is 53.1 Å². The first-order valence-corrected chi connectivity index (χ1v) is 9.10. The van der Waals surface area contributed by atoms with Crippen LogP contribution in [0, 0.1) is 5.41 Å². The van der Waals surface area contributed by atoms with Crippen LogP contribution in [-0.4, -0.2) is 73.4 Å². The van der Waals surface area contributed by atoms with Gasteiger partial charge in [0.25, 0.3) is 0 Å². The van der Waals surface area contributed by atoms with Crippen molar-refractivity contribution in [3.63, 3.8) is 0 Å². The smallest absolute Gasteiger partial charge is 0.236 e. The van der Waals surface area contributed by atoms with Crippen molar-refractivity contribution in [2.24, 2.45) is 5.41 Å².